The molecule has 0 spiro atoms. The van der Waals surface area contributed by atoms with Crippen LogP contribution in [0.4, 0.5) is 0 Å². The van der Waals surface area contributed by atoms with E-state index in [9.17, 15) is 0 Å². The summed E-state index contributed by atoms with van der Waals surface area (Å²) in [5, 5.41) is 6.29. The average molecular weight is 1230 g/mol. The Balaban J connectivity index is 0.000000285. The van der Waals surface area contributed by atoms with Gasteiger partial charge in [0.15, 0.2) is 5.58 Å². The molecule has 5 heterocycles. The third kappa shape index (κ3) is 19.5. The van der Waals surface area contributed by atoms with E-state index in [4.69, 9.17) is 9.40 Å². The first kappa shape index (κ1) is 76.7. The van der Waals surface area contributed by atoms with Crippen molar-refractivity contribution in [3.05, 3.63) is 159 Å². The van der Waals surface area contributed by atoms with Gasteiger partial charge in [-0.25, -0.2) is 15.0 Å². The normalized spacial score (nSPS) is 12.8. The molecule has 5 aromatic heterocycles. The van der Waals surface area contributed by atoms with Gasteiger partial charge in [-0.15, -0.1) is 22.7 Å². The van der Waals surface area contributed by atoms with Crippen LogP contribution in [-0.2, 0) is 54.3 Å². The monoisotopic (exact) mass is 1230 g/mol. The Bertz CT molecular complexity index is 3540. The van der Waals surface area contributed by atoms with Crippen LogP contribution in [0.3, 0.4) is 0 Å². The van der Waals surface area contributed by atoms with Crippen LogP contribution in [0.1, 0.15) is 280 Å². The number of hydrogen-bond donors (Lipinski definition) is 1. The minimum absolute atomic E-state index is 0. The zero-order chi connectivity index (χ0) is 64.2. The van der Waals surface area contributed by atoms with Crippen LogP contribution in [0.25, 0.3) is 53.3 Å². The number of nitrogens with one attached hydrogen (secondary N) is 1. The molecule has 8 heteroatoms. The molecule has 10 rings (SSSR count). The van der Waals surface area contributed by atoms with E-state index in [1.54, 1.807) is 0 Å². The SMILES string of the molecule is C.C.C.CC(C)(C)c1ccc2c(C(C)(C)C)csc2c1.CC(C)(C)c1ccc2ccn(C(C)(C)C)c2c1.CC(C)(C)c1ccc2nc(C(C)(C)C)[nH]c2c1.CC(C)(C)c1ccc2nc(C(C)(C)C)oc2c1.CC(C)(C)c1ccc2nc(C(C)(C)C)sc2c1. The molecule has 0 aliphatic carbocycles. The summed E-state index contributed by atoms with van der Waals surface area (Å²) >= 11 is 3.69. The molecule has 10 aromatic rings. The number of thiazole rings is 1. The van der Waals surface area contributed by atoms with Crippen molar-refractivity contribution < 1.29 is 4.42 Å². The molecular weight excluding hydrogens is 1110 g/mol. The summed E-state index contributed by atoms with van der Waals surface area (Å²) in [5.74, 6) is 1.86. The molecule has 0 aliphatic rings. The Labute approximate surface area is 544 Å². The number of nitrogens with zero attached hydrogens (tertiary/aromatic N) is 4. The second kappa shape index (κ2) is 27.1. The number of aromatic nitrogens is 5. The van der Waals surface area contributed by atoms with Gasteiger partial charge in [0.2, 0.25) is 5.89 Å². The van der Waals surface area contributed by atoms with E-state index in [0.29, 0.717) is 0 Å². The van der Waals surface area contributed by atoms with Gasteiger partial charge < -0.3 is 14.0 Å². The third-order valence-electron chi connectivity index (χ3n) is 15.4. The van der Waals surface area contributed by atoms with Gasteiger partial charge in [0.1, 0.15) is 11.3 Å². The van der Waals surface area contributed by atoms with E-state index in [-0.39, 0.29) is 76.6 Å². The minimum atomic E-state index is -0.0408. The van der Waals surface area contributed by atoms with Crippen LogP contribution in [0.15, 0.2) is 113 Å². The molecule has 1 N–H and O–H groups in total. The number of thiophene rings is 1. The minimum Gasteiger partial charge on any atom is -0.440 e. The van der Waals surface area contributed by atoms with E-state index in [2.05, 4.69) is 336 Å². The Kier molecular flexibility index (Phi) is 23.6. The van der Waals surface area contributed by atoms with Crippen LogP contribution in [0, 0.1) is 0 Å². The molecule has 0 atom stereocenters. The number of fused-ring (bicyclic) bond motifs is 5. The highest BCUT2D eigenvalue weighted by atomic mass is 32.1. The van der Waals surface area contributed by atoms with Gasteiger partial charge in [-0.05, 0) is 157 Å². The fourth-order valence-electron chi connectivity index (χ4n) is 9.51. The summed E-state index contributed by atoms with van der Waals surface area (Å²) in [6, 6.07) is 35.4. The lowest BCUT2D eigenvalue weighted by Gasteiger charge is -2.24. The fourth-order valence-corrected chi connectivity index (χ4v) is 11.8. The molecule has 0 radical (unpaired) electrons. The maximum Gasteiger partial charge on any atom is 0.200 e. The molecular formula is C80H121N5OS2. The van der Waals surface area contributed by atoms with Crippen molar-refractivity contribution in [2.75, 3.05) is 0 Å². The third-order valence-corrected chi connectivity index (χ3v) is 17.8. The molecule has 0 saturated carbocycles. The molecule has 0 bridgehead atoms. The van der Waals surface area contributed by atoms with Crippen LogP contribution in [0.5, 0.6) is 0 Å². The van der Waals surface area contributed by atoms with Gasteiger partial charge >= 0.3 is 0 Å². The molecule has 484 valence electrons. The number of benzene rings is 5. The van der Waals surface area contributed by atoms with Gasteiger partial charge in [-0.2, -0.15) is 0 Å². The summed E-state index contributed by atoms with van der Waals surface area (Å²) in [6.45, 7) is 66.8. The lowest BCUT2D eigenvalue weighted by Crippen LogP contribution is -2.20. The van der Waals surface area contributed by atoms with Crippen molar-refractivity contribution in [2.24, 2.45) is 0 Å². The Morgan fingerprint density at radius 2 is 0.852 bits per heavy atom. The maximum atomic E-state index is 5.86. The summed E-state index contributed by atoms with van der Waals surface area (Å²) in [5.41, 5.74) is 16.3. The molecule has 6 nitrogen and oxygen atoms in total. The summed E-state index contributed by atoms with van der Waals surface area (Å²) in [7, 11) is 0. The predicted molar refractivity (Wildman–Crippen MR) is 397 cm³/mol. The average Bonchev–Trinajstić information content (AvgIpc) is 3.95. The van der Waals surface area contributed by atoms with E-state index >= 15 is 0 Å². The lowest BCUT2D eigenvalue weighted by molar-refractivity contribution is 0.410. The highest BCUT2D eigenvalue weighted by Crippen LogP contribution is 2.39. The van der Waals surface area contributed by atoms with Crippen LogP contribution in [0.2, 0.25) is 0 Å². The molecule has 0 fully saturated rings. The van der Waals surface area contributed by atoms with Crippen LogP contribution in [-0.4, -0.2) is 24.5 Å². The lowest BCUT2D eigenvalue weighted by atomic mass is 9.84. The maximum absolute atomic E-state index is 5.86. The molecule has 0 aliphatic heterocycles. The quantitative estimate of drug-likeness (QED) is 0.164. The summed E-state index contributed by atoms with van der Waals surface area (Å²) in [4.78, 5) is 17.4. The number of oxazole rings is 1. The fraction of sp³-hybridized carbons (Fsp3) is 0.537. The smallest absolute Gasteiger partial charge is 0.200 e. The van der Waals surface area contributed by atoms with Gasteiger partial charge in [0.25, 0.3) is 0 Å². The van der Waals surface area contributed by atoms with E-state index < -0.39 is 0 Å². The van der Waals surface area contributed by atoms with Gasteiger partial charge in [-0.3, -0.25) is 0 Å². The molecule has 0 unspecified atom stereocenters. The number of aromatic amines is 1. The molecule has 88 heavy (non-hydrogen) atoms. The molecule has 0 amide bonds. The second-order valence-corrected chi connectivity index (χ2v) is 35.9. The van der Waals surface area contributed by atoms with E-state index in [1.165, 1.54) is 64.1 Å². The van der Waals surface area contributed by atoms with Gasteiger partial charge in [-0.1, -0.05) is 252 Å². The standard InChI is InChI=1S/C16H23N.C16H22S.C15H22N2.C15H21NO.C15H21NS.3CH4/c1-15(2,3)13-8-7-12-9-10-17(14(12)11-13)16(4,5)6;1-15(2,3)11-7-8-12-13(16(4,5)6)10-17-14(12)9-11;3*1-14(2,3)10-7-8-11-12(9-10)17-13(16-11)15(4,5)6;;;/h7-11H,1-6H3;7-10H,1-6H3;7-9H,1-6H3,(H,16,17);2*7-9H,1-6H3;3*1H4. The van der Waals surface area contributed by atoms with Crippen LogP contribution >= 0.6 is 22.7 Å². The molecule has 0 saturated heterocycles. The van der Waals surface area contributed by atoms with E-state index in [0.717, 1.165) is 39.4 Å². The molecule has 5 aromatic carbocycles. The number of hydrogen-bond acceptors (Lipinski definition) is 6. The first-order valence-corrected chi connectivity index (χ1v) is 32.6. The van der Waals surface area contributed by atoms with Crippen molar-refractivity contribution in [2.45, 2.75) is 284 Å². The Morgan fingerprint density at radius 3 is 1.33 bits per heavy atom. The highest BCUT2D eigenvalue weighted by molar-refractivity contribution is 7.18. The highest BCUT2D eigenvalue weighted by Gasteiger charge is 2.26. The van der Waals surface area contributed by atoms with Crippen molar-refractivity contribution in [1.29, 1.82) is 0 Å². The Morgan fingerprint density at radius 1 is 0.398 bits per heavy atom. The number of H-pyrrole nitrogens is 1. The van der Waals surface area contributed by atoms with E-state index in [1.807, 2.05) is 22.7 Å². The van der Waals surface area contributed by atoms with Crippen molar-refractivity contribution in [1.82, 2.24) is 24.5 Å². The predicted octanol–water partition coefficient (Wildman–Crippen LogP) is 25.6. The Hall–Kier alpha value is -5.57. The first-order chi connectivity index (χ1) is 38.4. The zero-order valence-corrected chi connectivity index (χ0v) is 60.0. The van der Waals surface area contributed by atoms with Crippen molar-refractivity contribution in [3.63, 3.8) is 0 Å². The van der Waals surface area contributed by atoms with Gasteiger partial charge in [0.05, 0.1) is 26.3 Å². The van der Waals surface area contributed by atoms with Gasteiger partial charge in [0, 0.05) is 38.2 Å². The van der Waals surface area contributed by atoms with Crippen molar-refractivity contribution in [3.8, 4) is 0 Å². The van der Waals surface area contributed by atoms with Crippen LogP contribution < -0.4 is 0 Å². The van der Waals surface area contributed by atoms with Crippen molar-refractivity contribution >= 4 is 76.0 Å². The zero-order valence-electron chi connectivity index (χ0n) is 58.4. The number of imidazole rings is 1. The topological polar surface area (TPSA) is 72.5 Å². The number of rotatable bonds is 0. The largest absolute Gasteiger partial charge is 0.440 e. The first-order valence-electron chi connectivity index (χ1n) is 30.9. The summed E-state index contributed by atoms with van der Waals surface area (Å²) in [6.07, 6.45) is 2.19. The summed E-state index contributed by atoms with van der Waals surface area (Å²) < 4.78 is 10.9. The second-order valence-electron chi connectivity index (χ2n) is 34.0.